The molecule has 0 bridgehead atoms. The Morgan fingerprint density at radius 3 is 2.33 bits per heavy atom. The van der Waals surface area contributed by atoms with E-state index in [1.54, 1.807) is 0 Å². The predicted molar refractivity (Wildman–Crippen MR) is 56.1 cm³/mol. The van der Waals surface area contributed by atoms with Crippen LogP contribution in [0, 0.1) is 0 Å². The summed E-state index contributed by atoms with van der Waals surface area (Å²) in [4.78, 5) is 0. The number of alkyl halides is 2. The summed E-state index contributed by atoms with van der Waals surface area (Å²) in [5, 5.41) is 10.1. The molecule has 0 heterocycles. The highest BCUT2D eigenvalue weighted by molar-refractivity contribution is 14.1. The molecule has 0 aromatic heterocycles. The van der Waals surface area contributed by atoms with Crippen molar-refractivity contribution >= 4 is 45.2 Å². The Hall–Kier alpha value is 1.42. The van der Waals surface area contributed by atoms with E-state index in [-0.39, 0.29) is 6.61 Å². The van der Waals surface area contributed by atoms with E-state index in [9.17, 15) is 5.11 Å². The van der Waals surface area contributed by atoms with Crippen molar-refractivity contribution in [2.24, 2.45) is 0 Å². The predicted octanol–water partition coefficient (Wildman–Crippen LogP) is 2.82. The Bertz CT molecular complexity index is 66.1. The van der Waals surface area contributed by atoms with Crippen LogP contribution < -0.4 is 0 Å². The summed E-state index contributed by atoms with van der Waals surface area (Å²) in [6.07, 6.45) is 1.91. The zero-order valence-electron chi connectivity index (χ0n) is 5.44. The molecule has 2 atom stereocenters. The first-order valence-corrected chi connectivity index (χ1v) is 5.54. The van der Waals surface area contributed by atoms with E-state index in [0.717, 1.165) is 12.8 Å². The van der Waals surface area contributed by atoms with Crippen molar-refractivity contribution in [3.05, 3.63) is 0 Å². The van der Waals surface area contributed by atoms with E-state index in [1.165, 1.54) is 0 Å². The normalized spacial score (nSPS) is 17.3. The van der Waals surface area contributed by atoms with Gasteiger partial charge in [-0.2, -0.15) is 0 Å². The monoisotopic (exact) mass is 353 g/mol. The van der Waals surface area contributed by atoms with E-state index >= 15 is 0 Å². The van der Waals surface area contributed by atoms with Crippen LogP contribution in [0.15, 0.2) is 0 Å². The van der Waals surface area contributed by atoms with Crippen LogP contribution in [0.2, 0.25) is 0 Å². The van der Waals surface area contributed by atoms with Crippen molar-refractivity contribution in [2.45, 2.75) is 27.6 Å². The smallest absolute Gasteiger partial charge is 0.0822 e. The van der Waals surface area contributed by atoms with Crippen molar-refractivity contribution in [2.75, 3.05) is 6.61 Å². The maximum absolute atomic E-state index is 10.1. The lowest BCUT2D eigenvalue weighted by Gasteiger charge is -2.09. The van der Waals surface area contributed by atoms with Gasteiger partial charge in [-0.1, -0.05) is 52.1 Å². The van der Waals surface area contributed by atoms with E-state index in [4.69, 9.17) is 0 Å². The molecule has 2 unspecified atom stereocenters. The average molecular weight is 353 g/mol. The lowest BCUT2D eigenvalue weighted by Crippen LogP contribution is -2.09. The van der Waals surface area contributed by atoms with Crippen molar-refractivity contribution in [3.63, 3.8) is 0 Å². The van der Waals surface area contributed by atoms with E-state index in [1.807, 2.05) is 0 Å². The molecule has 0 fully saturated rings. The number of hydrogen-bond acceptors (Lipinski definition) is 0. The van der Waals surface area contributed by atoms with Gasteiger partial charge in [-0.25, -0.2) is 5.11 Å². The molecule has 1 nitrogen and oxygen atoms in total. The average Bonchev–Trinajstić information content (AvgIpc) is 1.82. The van der Waals surface area contributed by atoms with Crippen LogP contribution in [-0.4, -0.2) is 14.5 Å². The Balaban J connectivity index is 3.16. The van der Waals surface area contributed by atoms with Gasteiger partial charge in [0, 0.05) is 7.85 Å². The standard InChI is InChI=1S/C6H11I2O/c1-5(7)6(8)3-2-4-9/h5-6H,2-4H2,1H3. The Kier molecular flexibility index (Phi) is 7.12. The third-order valence-electron chi connectivity index (χ3n) is 1.12. The molecule has 9 heavy (non-hydrogen) atoms. The Labute approximate surface area is 83.9 Å². The highest BCUT2D eigenvalue weighted by atomic mass is 127. The summed E-state index contributed by atoms with van der Waals surface area (Å²) >= 11 is 4.81. The minimum atomic E-state index is 0.0862. The first kappa shape index (κ1) is 10.4. The summed E-state index contributed by atoms with van der Waals surface area (Å²) < 4.78 is 1.37. The zero-order chi connectivity index (χ0) is 7.28. The molecular formula is C6H11I2O. The van der Waals surface area contributed by atoms with Gasteiger partial charge < -0.3 is 0 Å². The molecule has 0 saturated carbocycles. The second kappa shape index (κ2) is 6.15. The molecule has 0 spiro atoms. The van der Waals surface area contributed by atoms with Gasteiger partial charge in [-0.15, -0.1) is 0 Å². The van der Waals surface area contributed by atoms with Crippen LogP contribution in [0.1, 0.15) is 19.8 Å². The van der Waals surface area contributed by atoms with Crippen LogP contribution in [0.5, 0.6) is 0 Å². The highest BCUT2D eigenvalue weighted by Crippen LogP contribution is 2.19. The van der Waals surface area contributed by atoms with Crippen LogP contribution in [0.3, 0.4) is 0 Å². The molecule has 55 valence electrons. The van der Waals surface area contributed by atoms with Gasteiger partial charge in [0.2, 0.25) is 0 Å². The summed E-state index contributed by atoms with van der Waals surface area (Å²) in [7, 11) is 0. The Morgan fingerprint density at radius 1 is 1.44 bits per heavy atom. The van der Waals surface area contributed by atoms with Gasteiger partial charge in [-0.3, -0.25) is 0 Å². The van der Waals surface area contributed by atoms with Gasteiger partial charge in [0.25, 0.3) is 0 Å². The summed E-state index contributed by atoms with van der Waals surface area (Å²) in [6, 6.07) is 0. The van der Waals surface area contributed by atoms with Gasteiger partial charge >= 0.3 is 0 Å². The second-order valence-electron chi connectivity index (χ2n) is 2.04. The molecule has 0 amide bonds. The fourth-order valence-corrected chi connectivity index (χ4v) is 1.31. The van der Waals surface area contributed by atoms with Crippen LogP contribution in [0.25, 0.3) is 0 Å². The van der Waals surface area contributed by atoms with Gasteiger partial charge in [-0.05, 0) is 12.8 Å². The lowest BCUT2D eigenvalue weighted by molar-refractivity contribution is 0.187. The summed E-state index contributed by atoms with van der Waals surface area (Å²) in [5.41, 5.74) is 0. The number of halogens is 2. The fourth-order valence-electron chi connectivity index (χ4n) is 0.508. The maximum atomic E-state index is 10.1. The molecule has 0 N–H and O–H groups in total. The quantitative estimate of drug-likeness (QED) is 0.547. The van der Waals surface area contributed by atoms with Gasteiger partial charge in [0.15, 0.2) is 0 Å². The lowest BCUT2D eigenvalue weighted by atomic mass is 10.2. The van der Waals surface area contributed by atoms with Crippen molar-refractivity contribution in [1.29, 1.82) is 0 Å². The molecule has 0 aromatic rings. The van der Waals surface area contributed by atoms with E-state index in [0.29, 0.717) is 7.85 Å². The summed E-state index contributed by atoms with van der Waals surface area (Å²) in [5.74, 6) is 0. The molecular weight excluding hydrogens is 342 g/mol. The van der Waals surface area contributed by atoms with E-state index in [2.05, 4.69) is 52.1 Å². The van der Waals surface area contributed by atoms with Crippen LogP contribution in [-0.2, 0) is 5.11 Å². The van der Waals surface area contributed by atoms with Gasteiger partial charge in [0.05, 0.1) is 6.61 Å². The third kappa shape index (κ3) is 5.84. The van der Waals surface area contributed by atoms with E-state index < -0.39 is 0 Å². The van der Waals surface area contributed by atoms with Crippen molar-refractivity contribution in [1.82, 2.24) is 0 Å². The zero-order valence-corrected chi connectivity index (χ0v) is 9.76. The molecule has 0 aliphatic rings. The van der Waals surface area contributed by atoms with Gasteiger partial charge in [0.1, 0.15) is 0 Å². The topological polar surface area (TPSA) is 19.9 Å². The molecule has 3 heteroatoms. The fraction of sp³-hybridized carbons (Fsp3) is 1.00. The minimum Gasteiger partial charge on any atom is -0.237 e. The Morgan fingerprint density at radius 2 is 2.00 bits per heavy atom. The molecule has 0 aliphatic heterocycles. The largest absolute Gasteiger partial charge is 0.237 e. The number of rotatable bonds is 4. The first-order chi connectivity index (χ1) is 4.18. The maximum Gasteiger partial charge on any atom is 0.0822 e. The minimum absolute atomic E-state index is 0.0862. The van der Waals surface area contributed by atoms with Crippen molar-refractivity contribution in [3.8, 4) is 0 Å². The molecule has 1 radical (unpaired) electrons. The molecule has 0 aromatic carbocycles. The molecule has 0 rings (SSSR count). The van der Waals surface area contributed by atoms with Crippen LogP contribution >= 0.6 is 45.2 Å². The second-order valence-corrected chi connectivity index (χ2v) is 5.60. The molecule has 0 saturated heterocycles. The van der Waals surface area contributed by atoms with Crippen LogP contribution in [0.4, 0.5) is 0 Å². The molecule has 0 aliphatic carbocycles. The number of hydrogen-bond donors (Lipinski definition) is 0. The SMILES string of the molecule is CC(I)C(I)CCC[O]. The summed E-state index contributed by atoms with van der Waals surface area (Å²) in [6.45, 7) is 2.27. The third-order valence-corrected chi connectivity index (χ3v) is 5.07. The van der Waals surface area contributed by atoms with Crippen molar-refractivity contribution < 1.29 is 5.11 Å². The first-order valence-electron chi connectivity index (χ1n) is 3.04. The highest BCUT2D eigenvalue weighted by Gasteiger charge is 2.08.